The van der Waals surface area contributed by atoms with Gasteiger partial charge in [0.15, 0.2) is 10.7 Å². The average molecular weight is 366 g/mol. The number of para-hydroxylation sites is 2. The highest BCUT2D eigenvalue weighted by atomic mass is 32.2. The van der Waals surface area contributed by atoms with Gasteiger partial charge in [-0.2, -0.15) is 0 Å². The van der Waals surface area contributed by atoms with Crippen LogP contribution in [-0.4, -0.2) is 18.1 Å². The van der Waals surface area contributed by atoms with E-state index in [0.29, 0.717) is 0 Å². The molecule has 2 aromatic carbocycles. The Balaban J connectivity index is 1.66. The molecule has 4 heteroatoms. The number of quaternary nitrogens is 1. The van der Waals surface area contributed by atoms with Crippen molar-refractivity contribution >= 4 is 45.1 Å². The van der Waals surface area contributed by atoms with Crippen LogP contribution in [0.4, 0.5) is 5.69 Å². The first-order valence-electron chi connectivity index (χ1n) is 8.66. The van der Waals surface area contributed by atoms with Crippen LogP contribution in [0.1, 0.15) is 18.9 Å². The fourth-order valence-electron chi connectivity index (χ4n) is 3.44. The van der Waals surface area contributed by atoms with Gasteiger partial charge in [-0.3, -0.25) is 4.48 Å². The first-order chi connectivity index (χ1) is 12.3. The number of rotatable bonds is 4. The maximum absolute atomic E-state index is 4.68. The first-order valence-corrected chi connectivity index (χ1v) is 10.3. The van der Waals surface area contributed by atoms with Crippen LogP contribution in [0.2, 0.25) is 0 Å². The number of hydrogen-bond donors (Lipinski definition) is 0. The molecule has 4 rings (SSSR count). The van der Waals surface area contributed by atoms with E-state index in [-0.39, 0.29) is 0 Å². The summed E-state index contributed by atoms with van der Waals surface area (Å²) in [5.41, 5.74) is 2.51. The second kappa shape index (κ2) is 6.79. The van der Waals surface area contributed by atoms with Crippen molar-refractivity contribution in [3.05, 3.63) is 70.7 Å². The minimum absolute atomic E-state index is 0.936. The molecule has 0 atom stereocenters. The third-order valence-electron chi connectivity index (χ3n) is 4.83. The molecule has 2 heterocycles. The fourth-order valence-corrected chi connectivity index (χ4v) is 5.72. The lowest BCUT2D eigenvalue weighted by atomic mass is 10.2. The molecule has 0 radical (unpaired) electrons. The Morgan fingerprint density at radius 3 is 2.56 bits per heavy atom. The second-order valence-corrected chi connectivity index (χ2v) is 8.18. The summed E-state index contributed by atoms with van der Waals surface area (Å²) in [6.07, 6.45) is 6.55. The van der Waals surface area contributed by atoms with E-state index in [2.05, 4.69) is 79.5 Å². The van der Waals surface area contributed by atoms with Gasteiger partial charge >= 0.3 is 0 Å². The zero-order valence-electron chi connectivity index (χ0n) is 14.5. The van der Waals surface area contributed by atoms with Gasteiger partial charge in [0.25, 0.3) is 0 Å². The largest absolute Gasteiger partial charge is 0.252 e. The van der Waals surface area contributed by atoms with Gasteiger partial charge in [0.2, 0.25) is 0 Å². The molecule has 1 aliphatic rings. The van der Waals surface area contributed by atoms with Crippen LogP contribution < -0.4 is 4.48 Å². The van der Waals surface area contributed by atoms with Gasteiger partial charge in [0, 0.05) is 12.1 Å². The van der Waals surface area contributed by atoms with E-state index in [1.807, 2.05) is 17.8 Å². The number of nitrogens with zero attached hydrogens (tertiary/aromatic N) is 2. The first kappa shape index (κ1) is 16.6. The van der Waals surface area contributed by atoms with E-state index in [4.69, 9.17) is 0 Å². The van der Waals surface area contributed by atoms with Crippen molar-refractivity contribution in [3.8, 4) is 0 Å². The van der Waals surface area contributed by atoms with Crippen molar-refractivity contribution in [2.24, 2.45) is 0 Å². The zero-order chi connectivity index (χ0) is 17.3. The van der Waals surface area contributed by atoms with Crippen molar-refractivity contribution in [2.75, 3.05) is 13.1 Å². The molecule has 126 valence electrons. The highest BCUT2D eigenvalue weighted by molar-refractivity contribution is 8.03. The molecular formula is C21H21N2S2+. The van der Waals surface area contributed by atoms with Gasteiger partial charge in [-0.05, 0) is 49.9 Å². The Morgan fingerprint density at radius 1 is 1.00 bits per heavy atom. The highest BCUT2D eigenvalue weighted by Gasteiger charge is 2.41. The molecule has 0 N–H and O–H groups in total. The van der Waals surface area contributed by atoms with E-state index in [1.165, 1.54) is 20.3 Å². The molecule has 0 unspecified atom stereocenters. The van der Waals surface area contributed by atoms with Crippen molar-refractivity contribution in [1.29, 1.82) is 0 Å². The predicted octanol–water partition coefficient (Wildman–Crippen LogP) is 6.30. The van der Waals surface area contributed by atoms with Crippen LogP contribution in [-0.2, 0) is 0 Å². The van der Waals surface area contributed by atoms with Gasteiger partial charge in [0.05, 0.1) is 28.2 Å². The van der Waals surface area contributed by atoms with Gasteiger partial charge in [-0.25, -0.2) is 4.98 Å². The summed E-state index contributed by atoms with van der Waals surface area (Å²) in [5.74, 6) is 0. The number of fused-ring (bicyclic) bond motifs is 2. The summed E-state index contributed by atoms with van der Waals surface area (Å²) in [6, 6.07) is 17.1. The van der Waals surface area contributed by atoms with E-state index < -0.39 is 0 Å². The fraction of sp³-hybridized carbons (Fsp3) is 0.190. The van der Waals surface area contributed by atoms with Crippen molar-refractivity contribution in [1.82, 2.24) is 9.47 Å². The van der Waals surface area contributed by atoms with Crippen molar-refractivity contribution < 1.29 is 0 Å². The van der Waals surface area contributed by atoms with Gasteiger partial charge in [-0.15, -0.1) is 11.3 Å². The summed E-state index contributed by atoms with van der Waals surface area (Å²) < 4.78 is 2.18. The Labute approximate surface area is 157 Å². The van der Waals surface area contributed by atoms with Crippen molar-refractivity contribution in [3.63, 3.8) is 0 Å². The molecule has 0 fully saturated rings. The number of thiazole rings is 1. The predicted molar refractivity (Wildman–Crippen MR) is 112 cm³/mol. The quantitative estimate of drug-likeness (QED) is 0.503. The number of benzene rings is 2. The highest BCUT2D eigenvalue weighted by Crippen LogP contribution is 2.50. The smallest absolute Gasteiger partial charge is 0.177 e. The summed E-state index contributed by atoms with van der Waals surface area (Å²) in [6.45, 7) is 6.69. The summed E-state index contributed by atoms with van der Waals surface area (Å²) >= 11 is 3.64. The molecular weight excluding hydrogens is 344 g/mol. The maximum atomic E-state index is 4.68. The van der Waals surface area contributed by atoms with Crippen LogP contribution in [0.15, 0.2) is 70.6 Å². The Bertz CT molecular complexity index is 932. The van der Waals surface area contributed by atoms with E-state index >= 15 is 0 Å². The minimum Gasteiger partial charge on any atom is -0.252 e. The van der Waals surface area contributed by atoms with Gasteiger partial charge in [-0.1, -0.05) is 30.3 Å². The molecule has 0 bridgehead atoms. The number of allylic oxidation sites excluding steroid dienone is 2. The molecule has 0 saturated carbocycles. The van der Waals surface area contributed by atoms with Gasteiger partial charge in [0.1, 0.15) is 5.01 Å². The molecule has 1 aromatic heterocycles. The van der Waals surface area contributed by atoms with Crippen LogP contribution >= 0.6 is 23.1 Å². The monoisotopic (exact) mass is 365 g/mol. The topological polar surface area (TPSA) is 12.9 Å². The van der Waals surface area contributed by atoms with E-state index in [9.17, 15) is 0 Å². The Morgan fingerprint density at radius 2 is 1.76 bits per heavy atom. The molecule has 0 amide bonds. The zero-order valence-corrected chi connectivity index (χ0v) is 16.1. The summed E-state index contributed by atoms with van der Waals surface area (Å²) in [4.78, 5) is 6.06. The number of thioether (sulfide) groups is 1. The Kier molecular flexibility index (Phi) is 4.50. The molecule has 0 saturated heterocycles. The lowest BCUT2D eigenvalue weighted by Crippen LogP contribution is -2.44. The van der Waals surface area contributed by atoms with E-state index in [0.717, 1.165) is 28.1 Å². The van der Waals surface area contributed by atoms with Crippen LogP contribution in [0, 0.1) is 0 Å². The third kappa shape index (κ3) is 2.84. The maximum Gasteiger partial charge on any atom is 0.177 e. The molecule has 2 nitrogen and oxygen atoms in total. The average Bonchev–Trinajstić information content (AvgIpc) is 3.20. The number of aromatic nitrogens is 1. The van der Waals surface area contributed by atoms with Gasteiger partial charge < -0.3 is 0 Å². The normalized spacial score (nSPS) is 17.6. The summed E-state index contributed by atoms with van der Waals surface area (Å²) in [7, 11) is 0. The van der Waals surface area contributed by atoms with Crippen LogP contribution in [0.5, 0.6) is 0 Å². The molecule has 3 aromatic rings. The molecule has 0 aliphatic carbocycles. The van der Waals surface area contributed by atoms with Crippen molar-refractivity contribution in [2.45, 2.75) is 18.7 Å². The lowest BCUT2D eigenvalue weighted by molar-refractivity contribution is 0.400. The van der Waals surface area contributed by atoms with Crippen LogP contribution in [0.25, 0.3) is 16.3 Å². The second-order valence-electron chi connectivity index (χ2n) is 6.05. The standard InChI is InChI=1S/C21H21N2S2/c1-3-23(4-2)17-11-6-8-13-19(17)25-21(23)15-9-14-20-22-16-10-5-7-12-18(16)24-20/h5-15H,3-4H2,1-2H3/q+1. The number of hydrogen-bond acceptors (Lipinski definition) is 3. The molecule has 25 heavy (non-hydrogen) atoms. The minimum atomic E-state index is 0.936. The third-order valence-corrected chi connectivity index (χ3v) is 7.09. The Hall–Kier alpha value is -1.88. The molecule has 1 aliphatic heterocycles. The SMILES string of the molecule is CC[N+]1(CC)C(=CC=Cc2nc3ccccc3s2)Sc2ccccc21. The summed E-state index contributed by atoms with van der Waals surface area (Å²) in [5, 5.41) is 2.45. The molecule has 0 spiro atoms. The van der Waals surface area contributed by atoms with Crippen LogP contribution in [0.3, 0.4) is 0 Å². The van der Waals surface area contributed by atoms with E-state index in [1.54, 1.807) is 11.3 Å². The lowest BCUT2D eigenvalue weighted by Gasteiger charge is -2.32.